The summed E-state index contributed by atoms with van der Waals surface area (Å²) < 4.78 is 5.62. The SMILES string of the molecule is CNC(C)c1ccc(OCCCCCO)cc1. The number of aliphatic hydroxyl groups is 1. The Morgan fingerprint density at radius 1 is 1.18 bits per heavy atom. The van der Waals surface area contributed by atoms with Gasteiger partial charge in [0.2, 0.25) is 0 Å². The van der Waals surface area contributed by atoms with E-state index in [1.165, 1.54) is 5.56 Å². The average Bonchev–Trinajstić information content (AvgIpc) is 2.38. The highest BCUT2D eigenvalue weighted by Gasteiger charge is 2.01. The smallest absolute Gasteiger partial charge is 0.119 e. The molecule has 1 rings (SSSR count). The van der Waals surface area contributed by atoms with Gasteiger partial charge in [-0.2, -0.15) is 0 Å². The Morgan fingerprint density at radius 2 is 1.88 bits per heavy atom. The van der Waals surface area contributed by atoms with Crippen LogP contribution in [0.1, 0.15) is 37.8 Å². The number of nitrogens with one attached hydrogen (secondary N) is 1. The summed E-state index contributed by atoms with van der Waals surface area (Å²) in [5.41, 5.74) is 1.26. The van der Waals surface area contributed by atoms with Gasteiger partial charge in [-0.05, 0) is 50.9 Å². The summed E-state index contributed by atoms with van der Waals surface area (Å²) in [6, 6.07) is 8.56. The van der Waals surface area contributed by atoms with Crippen LogP contribution in [0.25, 0.3) is 0 Å². The van der Waals surface area contributed by atoms with Crippen LogP contribution in [-0.4, -0.2) is 25.4 Å². The van der Waals surface area contributed by atoms with Gasteiger partial charge in [-0.15, -0.1) is 0 Å². The maximum atomic E-state index is 8.64. The zero-order valence-electron chi connectivity index (χ0n) is 10.8. The van der Waals surface area contributed by atoms with Crippen LogP contribution in [-0.2, 0) is 0 Å². The van der Waals surface area contributed by atoms with Crippen molar-refractivity contribution in [1.29, 1.82) is 0 Å². The third-order valence-corrected chi connectivity index (χ3v) is 2.88. The molecule has 0 saturated heterocycles. The van der Waals surface area contributed by atoms with Crippen molar-refractivity contribution in [3.8, 4) is 5.75 Å². The highest BCUT2D eigenvalue weighted by Crippen LogP contribution is 2.17. The summed E-state index contributed by atoms with van der Waals surface area (Å²) in [7, 11) is 1.95. The van der Waals surface area contributed by atoms with Crippen LogP contribution < -0.4 is 10.1 Å². The van der Waals surface area contributed by atoms with E-state index in [-0.39, 0.29) is 6.61 Å². The number of benzene rings is 1. The van der Waals surface area contributed by atoms with E-state index < -0.39 is 0 Å². The summed E-state index contributed by atoms with van der Waals surface area (Å²) in [6.07, 6.45) is 2.88. The third kappa shape index (κ3) is 5.20. The first-order valence-electron chi connectivity index (χ1n) is 6.29. The second-order valence-corrected chi connectivity index (χ2v) is 4.21. The van der Waals surface area contributed by atoms with Gasteiger partial charge in [0.15, 0.2) is 0 Å². The monoisotopic (exact) mass is 237 g/mol. The third-order valence-electron chi connectivity index (χ3n) is 2.88. The van der Waals surface area contributed by atoms with Crippen LogP contribution >= 0.6 is 0 Å². The Labute approximate surface area is 104 Å². The van der Waals surface area contributed by atoms with Crippen molar-refractivity contribution >= 4 is 0 Å². The largest absolute Gasteiger partial charge is 0.494 e. The first kappa shape index (κ1) is 14.0. The Bertz CT molecular complexity index is 298. The molecule has 0 saturated carbocycles. The Hall–Kier alpha value is -1.06. The van der Waals surface area contributed by atoms with Crippen molar-refractivity contribution in [3.05, 3.63) is 29.8 Å². The molecule has 1 unspecified atom stereocenters. The molecule has 3 nitrogen and oxygen atoms in total. The lowest BCUT2D eigenvalue weighted by atomic mass is 10.1. The second-order valence-electron chi connectivity index (χ2n) is 4.21. The van der Waals surface area contributed by atoms with Crippen LogP contribution in [0.4, 0.5) is 0 Å². The van der Waals surface area contributed by atoms with Crippen molar-refractivity contribution in [1.82, 2.24) is 5.32 Å². The van der Waals surface area contributed by atoms with Crippen LogP contribution in [0.5, 0.6) is 5.75 Å². The van der Waals surface area contributed by atoms with Gasteiger partial charge in [-0.25, -0.2) is 0 Å². The molecule has 3 heteroatoms. The number of ether oxygens (including phenoxy) is 1. The average molecular weight is 237 g/mol. The maximum absolute atomic E-state index is 8.64. The lowest BCUT2D eigenvalue weighted by Gasteiger charge is -2.11. The molecule has 0 aliphatic rings. The lowest BCUT2D eigenvalue weighted by Crippen LogP contribution is -2.11. The molecule has 0 heterocycles. The molecule has 96 valence electrons. The Morgan fingerprint density at radius 3 is 2.47 bits per heavy atom. The van der Waals surface area contributed by atoms with Crippen LogP contribution in [0.3, 0.4) is 0 Å². The predicted molar refractivity (Wildman–Crippen MR) is 70.3 cm³/mol. The fourth-order valence-corrected chi connectivity index (χ4v) is 1.60. The van der Waals surface area contributed by atoms with Crippen LogP contribution in [0.15, 0.2) is 24.3 Å². The molecule has 2 N–H and O–H groups in total. The van der Waals surface area contributed by atoms with Gasteiger partial charge in [0, 0.05) is 12.6 Å². The zero-order chi connectivity index (χ0) is 12.5. The van der Waals surface area contributed by atoms with Crippen LogP contribution in [0, 0.1) is 0 Å². The number of hydrogen-bond acceptors (Lipinski definition) is 3. The number of rotatable bonds is 8. The van der Waals surface area contributed by atoms with E-state index in [9.17, 15) is 0 Å². The van der Waals surface area contributed by atoms with Gasteiger partial charge < -0.3 is 15.2 Å². The Balaban J connectivity index is 2.30. The van der Waals surface area contributed by atoms with Gasteiger partial charge in [-0.1, -0.05) is 12.1 Å². The highest BCUT2D eigenvalue weighted by molar-refractivity contribution is 5.28. The van der Waals surface area contributed by atoms with Crippen molar-refractivity contribution in [2.75, 3.05) is 20.3 Å². The fraction of sp³-hybridized carbons (Fsp3) is 0.571. The van der Waals surface area contributed by atoms with Crippen molar-refractivity contribution < 1.29 is 9.84 Å². The molecule has 0 amide bonds. The van der Waals surface area contributed by atoms with Gasteiger partial charge in [0.05, 0.1) is 6.61 Å². The highest BCUT2D eigenvalue weighted by atomic mass is 16.5. The molecule has 0 bridgehead atoms. The minimum atomic E-state index is 0.274. The first-order valence-corrected chi connectivity index (χ1v) is 6.29. The molecule has 1 atom stereocenters. The normalized spacial score (nSPS) is 12.4. The molecule has 0 radical (unpaired) electrons. The molecule has 0 fully saturated rings. The van der Waals surface area contributed by atoms with Crippen molar-refractivity contribution in [2.24, 2.45) is 0 Å². The Kier molecular flexibility index (Phi) is 6.67. The molecule has 0 aromatic heterocycles. The number of hydrogen-bond donors (Lipinski definition) is 2. The molecular formula is C14H23NO2. The summed E-state index contributed by atoms with van der Waals surface area (Å²) in [6.45, 7) is 3.13. The molecule has 17 heavy (non-hydrogen) atoms. The van der Waals surface area contributed by atoms with E-state index in [1.54, 1.807) is 0 Å². The molecule has 0 spiro atoms. The minimum absolute atomic E-state index is 0.274. The van der Waals surface area contributed by atoms with Gasteiger partial charge >= 0.3 is 0 Å². The van der Waals surface area contributed by atoms with Crippen molar-refractivity contribution in [3.63, 3.8) is 0 Å². The van der Waals surface area contributed by atoms with Crippen LogP contribution in [0.2, 0.25) is 0 Å². The number of aliphatic hydroxyl groups excluding tert-OH is 1. The van der Waals surface area contributed by atoms with E-state index in [2.05, 4.69) is 24.4 Å². The quantitative estimate of drug-likeness (QED) is 0.683. The molecule has 0 aliphatic heterocycles. The van der Waals surface area contributed by atoms with Gasteiger partial charge in [-0.3, -0.25) is 0 Å². The zero-order valence-corrected chi connectivity index (χ0v) is 10.8. The van der Waals surface area contributed by atoms with E-state index in [0.29, 0.717) is 6.04 Å². The van der Waals surface area contributed by atoms with E-state index in [0.717, 1.165) is 31.6 Å². The summed E-state index contributed by atoms with van der Waals surface area (Å²) in [5, 5.41) is 11.8. The standard InChI is InChI=1S/C14H23NO2/c1-12(15-2)13-6-8-14(9-7-13)17-11-5-3-4-10-16/h6-9,12,15-16H,3-5,10-11H2,1-2H3. The van der Waals surface area contributed by atoms with E-state index in [4.69, 9.17) is 9.84 Å². The van der Waals surface area contributed by atoms with Crippen molar-refractivity contribution in [2.45, 2.75) is 32.2 Å². The van der Waals surface area contributed by atoms with E-state index >= 15 is 0 Å². The molecular weight excluding hydrogens is 214 g/mol. The summed E-state index contributed by atoms with van der Waals surface area (Å²) in [5.74, 6) is 0.918. The molecule has 0 aliphatic carbocycles. The second kappa shape index (κ2) is 8.09. The first-order chi connectivity index (χ1) is 8.27. The maximum Gasteiger partial charge on any atom is 0.119 e. The summed E-state index contributed by atoms with van der Waals surface area (Å²) >= 11 is 0. The molecule has 1 aromatic rings. The lowest BCUT2D eigenvalue weighted by molar-refractivity contribution is 0.266. The van der Waals surface area contributed by atoms with E-state index in [1.807, 2.05) is 19.2 Å². The minimum Gasteiger partial charge on any atom is -0.494 e. The van der Waals surface area contributed by atoms with Gasteiger partial charge in [0.25, 0.3) is 0 Å². The predicted octanol–water partition coefficient (Wildman–Crippen LogP) is 2.51. The number of unbranched alkanes of at least 4 members (excludes halogenated alkanes) is 2. The van der Waals surface area contributed by atoms with Gasteiger partial charge in [0.1, 0.15) is 5.75 Å². The fourth-order valence-electron chi connectivity index (χ4n) is 1.60. The topological polar surface area (TPSA) is 41.5 Å². The summed E-state index contributed by atoms with van der Waals surface area (Å²) in [4.78, 5) is 0. The molecule has 1 aromatic carbocycles.